The van der Waals surface area contributed by atoms with Crippen molar-refractivity contribution in [3.8, 4) is 16.9 Å². The first kappa shape index (κ1) is 17.9. The summed E-state index contributed by atoms with van der Waals surface area (Å²) in [5.74, 6) is 0.707. The van der Waals surface area contributed by atoms with Gasteiger partial charge in [-0.2, -0.15) is 0 Å². The van der Waals surface area contributed by atoms with Gasteiger partial charge < -0.3 is 14.4 Å². The number of hydrogen-bond donors (Lipinski definition) is 1. The van der Waals surface area contributed by atoms with Crippen molar-refractivity contribution in [2.45, 2.75) is 18.9 Å². The van der Waals surface area contributed by atoms with Gasteiger partial charge >= 0.3 is 0 Å². The first-order valence-corrected chi connectivity index (χ1v) is 8.59. The van der Waals surface area contributed by atoms with Crippen LogP contribution in [0.5, 0.6) is 5.75 Å². The molecular formula is C21H22N2O3. The van der Waals surface area contributed by atoms with Crippen LogP contribution in [0.4, 0.5) is 0 Å². The van der Waals surface area contributed by atoms with Crippen LogP contribution in [0.15, 0.2) is 71.9 Å². The van der Waals surface area contributed by atoms with Gasteiger partial charge in [0.2, 0.25) is 5.56 Å². The van der Waals surface area contributed by atoms with Crippen LogP contribution in [-0.2, 0) is 13.5 Å². The van der Waals surface area contributed by atoms with Crippen molar-refractivity contribution >= 4 is 0 Å². The molecule has 0 saturated carbocycles. The molecule has 0 spiro atoms. The molecule has 1 aromatic carbocycles. The summed E-state index contributed by atoms with van der Waals surface area (Å²) in [7, 11) is 1.73. The van der Waals surface area contributed by atoms with Crippen molar-refractivity contribution < 1.29 is 9.84 Å². The topological polar surface area (TPSA) is 64.3 Å². The van der Waals surface area contributed by atoms with Crippen LogP contribution in [0.25, 0.3) is 11.1 Å². The van der Waals surface area contributed by atoms with Crippen LogP contribution in [0, 0.1) is 0 Å². The lowest BCUT2D eigenvalue weighted by atomic mass is 10.1. The molecule has 0 fully saturated rings. The average Bonchev–Trinajstić information content (AvgIpc) is 2.68. The molecule has 3 rings (SSSR count). The molecule has 0 aliphatic carbocycles. The van der Waals surface area contributed by atoms with Gasteiger partial charge in [0.1, 0.15) is 12.4 Å². The molecule has 1 atom stereocenters. The van der Waals surface area contributed by atoms with E-state index in [2.05, 4.69) is 4.98 Å². The van der Waals surface area contributed by atoms with Gasteiger partial charge in [-0.1, -0.05) is 18.2 Å². The van der Waals surface area contributed by atoms with Crippen LogP contribution in [-0.4, -0.2) is 27.4 Å². The maximum Gasteiger partial charge on any atom is 0.250 e. The van der Waals surface area contributed by atoms with E-state index < -0.39 is 6.10 Å². The molecule has 2 aromatic heterocycles. The number of pyridine rings is 2. The predicted octanol–water partition coefficient (Wildman–Crippen LogP) is 2.82. The van der Waals surface area contributed by atoms with Crippen LogP contribution in [0.3, 0.4) is 0 Å². The third-order valence-corrected chi connectivity index (χ3v) is 4.20. The van der Waals surface area contributed by atoms with Crippen molar-refractivity contribution in [2.75, 3.05) is 6.61 Å². The van der Waals surface area contributed by atoms with Crippen LogP contribution < -0.4 is 10.3 Å². The number of nitrogens with zero attached hydrogens (tertiary/aromatic N) is 2. The largest absolute Gasteiger partial charge is 0.491 e. The van der Waals surface area contributed by atoms with Gasteiger partial charge in [0.25, 0.3) is 0 Å². The van der Waals surface area contributed by atoms with Crippen molar-refractivity contribution in [3.05, 3.63) is 83.0 Å². The summed E-state index contributed by atoms with van der Waals surface area (Å²) >= 11 is 0. The molecule has 0 saturated heterocycles. The molecule has 0 bridgehead atoms. The fourth-order valence-electron chi connectivity index (χ4n) is 2.66. The SMILES string of the molecule is Cn1cc(-c2ccc(OCC(O)CCc3cccnc3)cc2)ccc1=O. The van der Waals surface area contributed by atoms with E-state index in [4.69, 9.17) is 4.74 Å². The first-order valence-electron chi connectivity index (χ1n) is 8.59. The zero-order valence-electron chi connectivity index (χ0n) is 14.7. The molecule has 0 radical (unpaired) electrons. The summed E-state index contributed by atoms with van der Waals surface area (Å²) in [5, 5.41) is 10.1. The number of benzene rings is 1. The van der Waals surface area contributed by atoms with Gasteiger partial charge in [-0.25, -0.2) is 0 Å². The van der Waals surface area contributed by atoms with Gasteiger partial charge in [0.15, 0.2) is 0 Å². The van der Waals surface area contributed by atoms with Gasteiger partial charge in [0, 0.05) is 31.7 Å². The lowest BCUT2D eigenvalue weighted by Gasteiger charge is -2.13. The number of hydrogen-bond acceptors (Lipinski definition) is 4. The van der Waals surface area contributed by atoms with E-state index in [1.807, 2.05) is 42.6 Å². The molecule has 0 aliphatic rings. The van der Waals surface area contributed by atoms with Gasteiger partial charge in [-0.05, 0) is 53.8 Å². The Hall–Kier alpha value is -2.92. The number of aliphatic hydroxyl groups excluding tert-OH is 1. The highest BCUT2D eigenvalue weighted by Crippen LogP contribution is 2.21. The predicted molar refractivity (Wildman–Crippen MR) is 101 cm³/mol. The highest BCUT2D eigenvalue weighted by atomic mass is 16.5. The lowest BCUT2D eigenvalue weighted by molar-refractivity contribution is 0.100. The Morgan fingerprint density at radius 3 is 2.58 bits per heavy atom. The minimum Gasteiger partial charge on any atom is -0.491 e. The summed E-state index contributed by atoms with van der Waals surface area (Å²) in [5.41, 5.74) is 3.04. The van der Waals surface area contributed by atoms with Crippen molar-refractivity contribution in [1.82, 2.24) is 9.55 Å². The Bertz CT molecular complexity index is 889. The standard InChI is InChI=1S/C21H22N2O3/c1-23-14-18(7-11-21(23)25)17-5-9-20(10-6-17)26-15-19(24)8-4-16-3-2-12-22-13-16/h2-3,5-7,9-14,19,24H,4,8,15H2,1H3. The molecule has 2 heterocycles. The summed E-state index contributed by atoms with van der Waals surface area (Å²) < 4.78 is 7.22. The van der Waals surface area contributed by atoms with E-state index in [1.165, 1.54) is 0 Å². The maximum atomic E-state index is 11.5. The minimum atomic E-state index is -0.529. The molecule has 0 amide bonds. The smallest absolute Gasteiger partial charge is 0.250 e. The number of aromatic nitrogens is 2. The second-order valence-electron chi connectivity index (χ2n) is 6.26. The quantitative estimate of drug-likeness (QED) is 0.712. The molecular weight excluding hydrogens is 328 g/mol. The zero-order valence-corrected chi connectivity index (χ0v) is 14.7. The highest BCUT2D eigenvalue weighted by Gasteiger charge is 2.07. The van der Waals surface area contributed by atoms with E-state index in [0.717, 1.165) is 23.1 Å². The number of ether oxygens (including phenoxy) is 1. The monoisotopic (exact) mass is 350 g/mol. The molecule has 1 N–H and O–H groups in total. The fourth-order valence-corrected chi connectivity index (χ4v) is 2.66. The van der Waals surface area contributed by atoms with E-state index in [0.29, 0.717) is 12.2 Å². The fraction of sp³-hybridized carbons (Fsp3) is 0.238. The van der Waals surface area contributed by atoms with E-state index in [9.17, 15) is 9.90 Å². The number of rotatable bonds is 7. The Morgan fingerprint density at radius 1 is 1.12 bits per heavy atom. The Morgan fingerprint density at radius 2 is 1.88 bits per heavy atom. The zero-order chi connectivity index (χ0) is 18.4. The molecule has 26 heavy (non-hydrogen) atoms. The third-order valence-electron chi connectivity index (χ3n) is 4.20. The van der Waals surface area contributed by atoms with Gasteiger partial charge in [-0.15, -0.1) is 0 Å². The lowest BCUT2D eigenvalue weighted by Crippen LogP contribution is -2.18. The normalized spacial score (nSPS) is 11.9. The molecule has 5 nitrogen and oxygen atoms in total. The van der Waals surface area contributed by atoms with E-state index in [1.54, 1.807) is 36.1 Å². The Balaban J connectivity index is 1.52. The highest BCUT2D eigenvalue weighted by molar-refractivity contribution is 5.63. The summed E-state index contributed by atoms with van der Waals surface area (Å²) in [6, 6.07) is 14.9. The third kappa shape index (κ3) is 4.80. The number of aliphatic hydroxyl groups is 1. The Kier molecular flexibility index (Phi) is 5.81. The Labute approximate surface area is 152 Å². The average molecular weight is 350 g/mol. The molecule has 0 aliphatic heterocycles. The minimum absolute atomic E-state index is 0.0334. The second kappa shape index (κ2) is 8.45. The van der Waals surface area contributed by atoms with Crippen LogP contribution >= 0.6 is 0 Å². The van der Waals surface area contributed by atoms with Crippen LogP contribution in [0.2, 0.25) is 0 Å². The summed E-state index contributed by atoms with van der Waals surface area (Å²) in [6.07, 6.45) is 6.22. The number of aryl methyl sites for hydroxylation is 2. The van der Waals surface area contributed by atoms with Crippen molar-refractivity contribution in [1.29, 1.82) is 0 Å². The second-order valence-corrected chi connectivity index (χ2v) is 6.26. The first-order chi connectivity index (χ1) is 12.6. The molecule has 5 heteroatoms. The maximum absolute atomic E-state index is 11.5. The summed E-state index contributed by atoms with van der Waals surface area (Å²) in [6.45, 7) is 0.249. The molecule has 134 valence electrons. The molecule has 3 aromatic rings. The van der Waals surface area contributed by atoms with Crippen LogP contribution in [0.1, 0.15) is 12.0 Å². The van der Waals surface area contributed by atoms with Gasteiger partial charge in [0.05, 0.1) is 6.10 Å². The van der Waals surface area contributed by atoms with Crippen molar-refractivity contribution in [2.24, 2.45) is 7.05 Å². The molecule has 1 unspecified atom stereocenters. The van der Waals surface area contributed by atoms with Crippen molar-refractivity contribution in [3.63, 3.8) is 0 Å². The van der Waals surface area contributed by atoms with E-state index >= 15 is 0 Å². The van der Waals surface area contributed by atoms with E-state index in [-0.39, 0.29) is 12.2 Å². The van der Waals surface area contributed by atoms with Gasteiger partial charge in [-0.3, -0.25) is 9.78 Å². The summed E-state index contributed by atoms with van der Waals surface area (Å²) in [4.78, 5) is 15.5.